The lowest BCUT2D eigenvalue weighted by Crippen LogP contribution is -1.98. The Balaban J connectivity index is 1.43. The van der Waals surface area contributed by atoms with E-state index in [1.54, 1.807) is 0 Å². The van der Waals surface area contributed by atoms with Crippen LogP contribution in [0.4, 0.5) is 4.39 Å². The molecule has 0 unspecified atom stereocenters. The van der Waals surface area contributed by atoms with Gasteiger partial charge in [-0.25, -0.2) is 4.39 Å². The molecule has 0 spiro atoms. The van der Waals surface area contributed by atoms with Gasteiger partial charge < -0.3 is 0 Å². The van der Waals surface area contributed by atoms with Crippen molar-refractivity contribution < 1.29 is 4.39 Å². The maximum absolute atomic E-state index is 15.1. The van der Waals surface area contributed by atoms with E-state index in [9.17, 15) is 0 Å². The van der Waals surface area contributed by atoms with Gasteiger partial charge in [-0.1, -0.05) is 73.5 Å². The molecule has 0 saturated carbocycles. The molecule has 0 atom stereocenters. The van der Waals surface area contributed by atoms with E-state index < -0.39 is 0 Å². The highest BCUT2D eigenvalue weighted by Gasteiger charge is 2.09. The van der Waals surface area contributed by atoms with Crippen LogP contribution in [0, 0.1) is 5.82 Å². The molecule has 1 nitrogen and oxygen atoms in total. The Morgan fingerprint density at radius 2 is 1.48 bits per heavy atom. The van der Waals surface area contributed by atoms with Gasteiger partial charge in [-0.2, -0.15) is 0 Å². The van der Waals surface area contributed by atoms with E-state index in [-0.39, 0.29) is 5.82 Å². The number of hydrogen-bond acceptors (Lipinski definition) is 1. The van der Waals surface area contributed by atoms with Crippen LogP contribution in [0.2, 0.25) is 5.02 Å². The van der Waals surface area contributed by atoms with Gasteiger partial charge in [-0.05, 0) is 77.9 Å². The molecule has 0 aliphatic carbocycles. The van der Waals surface area contributed by atoms with Crippen LogP contribution in [0.3, 0.4) is 0 Å². The van der Waals surface area contributed by atoms with Crippen molar-refractivity contribution >= 4 is 22.4 Å². The molecule has 158 valence electrons. The summed E-state index contributed by atoms with van der Waals surface area (Å²) in [6, 6.07) is 22.1. The summed E-state index contributed by atoms with van der Waals surface area (Å²) in [4.78, 5) is 4.58. The molecule has 3 heteroatoms. The molecule has 0 amide bonds. The Hall–Kier alpha value is -2.71. The van der Waals surface area contributed by atoms with E-state index in [1.807, 2.05) is 54.7 Å². The first-order chi connectivity index (χ1) is 15.1. The van der Waals surface area contributed by atoms with Gasteiger partial charge in [-0.15, -0.1) is 0 Å². The van der Waals surface area contributed by atoms with Crippen molar-refractivity contribution in [1.29, 1.82) is 0 Å². The molecule has 0 aliphatic heterocycles. The summed E-state index contributed by atoms with van der Waals surface area (Å²) < 4.78 is 15.1. The third-order valence-corrected chi connectivity index (χ3v) is 6.04. The van der Waals surface area contributed by atoms with Crippen molar-refractivity contribution in [2.24, 2.45) is 0 Å². The largest absolute Gasteiger partial charge is 0.261 e. The number of halogens is 2. The minimum Gasteiger partial charge on any atom is -0.261 e. The van der Waals surface area contributed by atoms with Crippen molar-refractivity contribution in [3.05, 3.63) is 112 Å². The topological polar surface area (TPSA) is 12.9 Å². The lowest BCUT2D eigenvalue weighted by atomic mass is 9.98. The second-order valence-corrected chi connectivity index (χ2v) is 8.56. The molecule has 3 aromatic carbocycles. The van der Waals surface area contributed by atoms with E-state index in [0.717, 1.165) is 59.3 Å². The number of fused-ring (bicyclic) bond motifs is 1. The highest BCUT2D eigenvalue weighted by atomic mass is 35.5. The predicted octanol–water partition coefficient (Wildman–Crippen LogP) is 7.55. The van der Waals surface area contributed by atoms with Crippen molar-refractivity contribution in [2.45, 2.75) is 45.4 Å². The summed E-state index contributed by atoms with van der Waals surface area (Å²) in [6.45, 7) is 2.18. The molecule has 0 bridgehead atoms. The maximum Gasteiger partial charge on any atom is 0.134 e. The van der Waals surface area contributed by atoms with E-state index in [0.29, 0.717) is 11.8 Å². The number of aromatic nitrogens is 1. The van der Waals surface area contributed by atoms with Crippen molar-refractivity contribution in [3.8, 4) is 0 Å². The van der Waals surface area contributed by atoms with Gasteiger partial charge in [0.05, 0.1) is 0 Å². The van der Waals surface area contributed by atoms with Crippen molar-refractivity contribution in [3.63, 3.8) is 0 Å². The molecule has 0 N–H and O–H groups in total. The predicted molar refractivity (Wildman–Crippen MR) is 128 cm³/mol. The summed E-state index contributed by atoms with van der Waals surface area (Å²) in [7, 11) is 0. The lowest BCUT2D eigenvalue weighted by Gasteiger charge is -2.09. The second-order valence-electron chi connectivity index (χ2n) is 8.13. The van der Waals surface area contributed by atoms with Crippen LogP contribution >= 0.6 is 11.6 Å². The van der Waals surface area contributed by atoms with Crippen LogP contribution in [-0.2, 0) is 32.1 Å². The standard InChI is InChI=1S/C28H27ClFN/c1-2-3-22-8-16-26(31-19-22)15-7-21-9-17-27-24(18-21)12-11-23(28(27)30)10-4-20-5-13-25(29)14-6-20/h5-6,8-9,11-14,16-19H,2-4,7,10,15H2,1H3. The number of hydrogen-bond donors (Lipinski definition) is 0. The molecular weight excluding hydrogens is 405 g/mol. The highest BCUT2D eigenvalue weighted by Crippen LogP contribution is 2.24. The summed E-state index contributed by atoms with van der Waals surface area (Å²) in [6.07, 6.45) is 7.45. The minimum absolute atomic E-state index is 0.105. The first-order valence-corrected chi connectivity index (χ1v) is 11.4. The normalized spacial score (nSPS) is 11.2. The fraction of sp³-hybridized carbons (Fsp3) is 0.250. The average molecular weight is 432 g/mol. The van der Waals surface area contributed by atoms with Crippen LogP contribution in [0.15, 0.2) is 72.9 Å². The maximum atomic E-state index is 15.1. The molecule has 31 heavy (non-hydrogen) atoms. The molecule has 0 fully saturated rings. The molecule has 0 radical (unpaired) electrons. The Bertz CT molecular complexity index is 1150. The molecule has 1 heterocycles. The average Bonchev–Trinajstić information content (AvgIpc) is 2.79. The zero-order valence-electron chi connectivity index (χ0n) is 17.9. The molecule has 0 saturated heterocycles. The first-order valence-electron chi connectivity index (χ1n) is 11.0. The molecule has 1 aromatic heterocycles. The third kappa shape index (κ3) is 5.51. The third-order valence-electron chi connectivity index (χ3n) is 5.79. The monoisotopic (exact) mass is 431 g/mol. The number of nitrogens with zero attached hydrogens (tertiary/aromatic N) is 1. The fourth-order valence-corrected chi connectivity index (χ4v) is 4.10. The summed E-state index contributed by atoms with van der Waals surface area (Å²) in [5.41, 5.74) is 5.52. The van der Waals surface area contributed by atoms with Gasteiger partial charge in [0.15, 0.2) is 0 Å². The molecule has 0 aliphatic rings. The second kappa shape index (κ2) is 10.1. The molecular formula is C28H27ClFN. The van der Waals surface area contributed by atoms with Gasteiger partial charge in [0.25, 0.3) is 0 Å². The Kier molecular flexibility index (Phi) is 6.99. The zero-order valence-corrected chi connectivity index (χ0v) is 18.6. The van der Waals surface area contributed by atoms with E-state index in [1.165, 1.54) is 11.1 Å². The quantitative estimate of drug-likeness (QED) is 0.280. The van der Waals surface area contributed by atoms with Gasteiger partial charge in [0, 0.05) is 22.3 Å². The Morgan fingerprint density at radius 1 is 0.742 bits per heavy atom. The number of pyridine rings is 1. The van der Waals surface area contributed by atoms with Gasteiger partial charge in [-0.3, -0.25) is 4.98 Å². The molecule has 4 rings (SSSR count). The van der Waals surface area contributed by atoms with Gasteiger partial charge >= 0.3 is 0 Å². The number of rotatable bonds is 8. The van der Waals surface area contributed by atoms with Crippen LogP contribution in [-0.4, -0.2) is 4.98 Å². The van der Waals surface area contributed by atoms with E-state index in [2.05, 4.69) is 30.1 Å². The Morgan fingerprint density at radius 3 is 2.23 bits per heavy atom. The number of aryl methyl sites for hydroxylation is 5. The van der Waals surface area contributed by atoms with Gasteiger partial charge in [0.2, 0.25) is 0 Å². The van der Waals surface area contributed by atoms with Crippen LogP contribution < -0.4 is 0 Å². The SMILES string of the molecule is CCCc1ccc(CCc2ccc3c(F)c(CCc4ccc(Cl)cc4)ccc3c2)nc1. The summed E-state index contributed by atoms with van der Waals surface area (Å²) in [5.74, 6) is -0.105. The lowest BCUT2D eigenvalue weighted by molar-refractivity contribution is 0.620. The van der Waals surface area contributed by atoms with Crippen LogP contribution in [0.5, 0.6) is 0 Å². The van der Waals surface area contributed by atoms with Crippen LogP contribution in [0.1, 0.15) is 41.3 Å². The molecule has 4 aromatic rings. The van der Waals surface area contributed by atoms with Crippen LogP contribution in [0.25, 0.3) is 10.8 Å². The first kappa shape index (κ1) is 21.5. The summed E-state index contributed by atoms with van der Waals surface area (Å²) in [5, 5.41) is 2.37. The zero-order chi connectivity index (χ0) is 21.6. The van der Waals surface area contributed by atoms with Crippen molar-refractivity contribution in [1.82, 2.24) is 4.98 Å². The minimum atomic E-state index is -0.105. The smallest absolute Gasteiger partial charge is 0.134 e. The summed E-state index contributed by atoms with van der Waals surface area (Å²) >= 11 is 5.94. The number of benzene rings is 3. The van der Waals surface area contributed by atoms with Crippen molar-refractivity contribution in [2.75, 3.05) is 0 Å². The highest BCUT2D eigenvalue weighted by molar-refractivity contribution is 6.30. The Labute approximate surface area is 188 Å². The van der Waals surface area contributed by atoms with E-state index >= 15 is 4.39 Å². The fourth-order valence-electron chi connectivity index (χ4n) is 3.98. The van der Waals surface area contributed by atoms with Gasteiger partial charge in [0.1, 0.15) is 5.82 Å². The van der Waals surface area contributed by atoms with E-state index in [4.69, 9.17) is 11.6 Å².